The van der Waals surface area contributed by atoms with Crippen LogP contribution in [0.4, 0.5) is 0 Å². The lowest BCUT2D eigenvalue weighted by Crippen LogP contribution is -2.42. The van der Waals surface area contributed by atoms with E-state index in [0.29, 0.717) is 5.92 Å². The van der Waals surface area contributed by atoms with Gasteiger partial charge in [0.25, 0.3) is 0 Å². The molecule has 0 saturated carbocycles. The van der Waals surface area contributed by atoms with Gasteiger partial charge in [-0.2, -0.15) is 0 Å². The summed E-state index contributed by atoms with van der Waals surface area (Å²) in [5.74, 6) is 0.600. The van der Waals surface area contributed by atoms with Crippen molar-refractivity contribution in [3.05, 3.63) is 12.7 Å². The van der Waals surface area contributed by atoms with Gasteiger partial charge in [-0.1, -0.05) is 6.58 Å². The molecule has 2 atom stereocenters. The van der Waals surface area contributed by atoms with E-state index in [2.05, 4.69) is 6.58 Å². The number of likely N-dealkylation sites (tertiary alicyclic amines) is 1. The average Bonchev–Trinajstić information content (AvgIpc) is 2.44. The van der Waals surface area contributed by atoms with Crippen LogP contribution in [0.5, 0.6) is 0 Å². The normalized spacial score (nSPS) is 33.5. The highest BCUT2D eigenvalue weighted by Gasteiger charge is 2.34. The number of hydrogen-bond donors (Lipinski definition) is 0. The van der Waals surface area contributed by atoms with Gasteiger partial charge < -0.3 is 9.64 Å². The Hall–Kier alpha value is -0.830. The van der Waals surface area contributed by atoms with Crippen LogP contribution in [0, 0.1) is 5.92 Å². The second kappa shape index (κ2) is 2.90. The van der Waals surface area contributed by atoms with Gasteiger partial charge in [0, 0.05) is 19.0 Å². The SMILES string of the molecule is C=CC(=O)N1CC2COC(C2)C1. The lowest BCUT2D eigenvalue weighted by molar-refractivity contribution is -0.128. The first-order chi connectivity index (χ1) is 5.79. The first-order valence-corrected chi connectivity index (χ1v) is 4.32. The number of fused-ring (bicyclic) bond motifs is 2. The van der Waals surface area contributed by atoms with Crippen LogP contribution in [-0.4, -0.2) is 36.6 Å². The lowest BCUT2D eigenvalue weighted by atomic mass is 10.0. The molecule has 0 radical (unpaired) electrons. The van der Waals surface area contributed by atoms with Crippen LogP contribution in [0.3, 0.4) is 0 Å². The minimum atomic E-state index is 0.0372. The van der Waals surface area contributed by atoms with Crippen molar-refractivity contribution in [1.29, 1.82) is 0 Å². The molecule has 2 fully saturated rings. The molecule has 0 aromatic rings. The number of amides is 1. The average molecular weight is 167 g/mol. The van der Waals surface area contributed by atoms with Gasteiger partial charge in [-0.15, -0.1) is 0 Å². The quantitative estimate of drug-likeness (QED) is 0.530. The van der Waals surface area contributed by atoms with Crippen molar-refractivity contribution in [2.45, 2.75) is 12.5 Å². The number of ether oxygens (including phenoxy) is 1. The number of carbonyl (C=O) groups is 1. The zero-order chi connectivity index (χ0) is 8.55. The van der Waals surface area contributed by atoms with E-state index in [1.165, 1.54) is 6.08 Å². The van der Waals surface area contributed by atoms with E-state index in [1.54, 1.807) is 0 Å². The summed E-state index contributed by atoms with van der Waals surface area (Å²) in [5, 5.41) is 0. The van der Waals surface area contributed by atoms with Crippen LogP contribution in [-0.2, 0) is 9.53 Å². The van der Waals surface area contributed by atoms with Crippen LogP contribution < -0.4 is 0 Å². The van der Waals surface area contributed by atoms with Crippen molar-refractivity contribution in [3.8, 4) is 0 Å². The molecule has 0 aromatic carbocycles. The lowest BCUT2D eigenvalue weighted by Gasteiger charge is -2.29. The van der Waals surface area contributed by atoms with E-state index in [9.17, 15) is 4.79 Å². The molecule has 2 bridgehead atoms. The molecule has 2 saturated heterocycles. The van der Waals surface area contributed by atoms with Gasteiger partial charge in [-0.25, -0.2) is 0 Å². The Morgan fingerprint density at radius 1 is 1.58 bits per heavy atom. The van der Waals surface area contributed by atoms with Gasteiger partial charge in [0.05, 0.1) is 12.7 Å². The molecule has 2 aliphatic heterocycles. The molecule has 2 rings (SSSR count). The molecule has 66 valence electrons. The van der Waals surface area contributed by atoms with Crippen molar-refractivity contribution in [3.63, 3.8) is 0 Å². The standard InChI is InChI=1S/C9H13NO2/c1-2-9(11)10-4-7-3-8(5-10)12-6-7/h2,7-8H,1,3-6H2. The molecule has 0 spiro atoms. The Kier molecular flexibility index (Phi) is 1.89. The molecule has 0 N–H and O–H groups in total. The largest absolute Gasteiger partial charge is 0.376 e. The predicted molar refractivity (Wildman–Crippen MR) is 44.6 cm³/mol. The van der Waals surface area contributed by atoms with E-state index < -0.39 is 0 Å². The number of piperidine rings is 1. The summed E-state index contributed by atoms with van der Waals surface area (Å²) in [5.41, 5.74) is 0. The summed E-state index contributed by atoms with van der Waals surface area (Å²) >= 11 is 0. The summed E-state index contributed by atoms with van der Waals surface area (Å²) in [6.07, 6.45) is 2.79. The second-order valence-corrected chi connectivity index (χ2v) is 3.50. The zero-order valence-corrected chi connectivity index (χ0v) is 7.03. The van der Waals surface area contributed by atoms with Crippen molar-refractivity contribution in [2.24, 2.45) is 5.92 Å². The van der Waals surface area contributed by atoms with Gasteiger partial charge >= 0.3 is 0 Å². The van der Waals surface area contributed by atoms with Gasteiger partial charge in [0.1, 0.15) is 0 Å². The fraction of sp³-hybridized carbons (Fsp3) is 0.667. The molecule has 1 amide bonds. The van der Waals surface area contributed by atoms with E-state index in [-0.39, 0.29) is 12.0 Å². The number of rotatable bonds is 1. The number of nitrogens with zero attached hydrogens (tertiary/aromatic N) is 1. The molecule has 3 nitrogen and oxygen atoms in total. The molecule has 12 heavy (non-hydrogen) atoms. The summed E-state index contributed by atoms with van der Waals surface area (Å²) in [7, 11) is 0. The first-order valence-electron chi connectivity index (χ1n) is 4.32. The highest BCUT2D eigenvalue weighted by molar-refractivity contribution is 5.87. The zero-order valence-electron chi connectivity index (χ0n) is 7.03. The third-order valence-electron chi connectivity index (χ3n) is 2.55. The van der Waals surface area contributed by atoms with Crippen LogP contribution >= 0.6 is 0 Å². The van der Waals surface area contributed by atoms with E-state index in [0.717, 1.165) is 26.1 Å². The predicted octanol–water partition coefficient (Wildman–Crippen LogP) is 0.420. The van der Waals surface area contributed by atoms with Gasteiger partial charge in [0.15, 0.2) is 0 Å². The molecule has 2 aliphatic rings. The molecule has 0 aliphatic carbocycles. The minimum absolute atomic E-state index is 0.0372. The fourth-order valence-corrected chi connectivity index (χ4v) is 1.98. The van der Waals surface area contributed by atoms with Gasteiger partial charge in [-0.3, -0.25) is 4.79 Å². The van der Waals surface area contributed by atoms with Crippen LogP contribution in [0.2, 0.25) is 0 Å². The van der Waals surface area contributed by atoms with Crippen LogP contribution in [0.1, 0.15) is 6.42 Å². The van der Waals surface area contributed by atoms with Crippen molar-refractivity contribution in [1.82, 2.24) is 4.90 Å². The summed E-state index contributed by atoms with van der Waals surface area (Å²) in [6, 6.07) is 0. The van der Waals surface area contributed by atoms with Crippen molar-refractivity contribution >= 4 is 5.91 Å². The summed E-state index contributed by atoms with van der Waals surface area (Å²) in [4.78, 5) is 13.1. The molecule has 2 unspecified atom stereocenters. The maximum Gasteiger partial charge on any atom is 0.246 e. The Morgan fingerprint density at radius 2 is 2.42 bits per heavy atom. The fourth-order valence-electron chi connectivity index (χ4n) is 1.98. The van der Waals surface area contributed by atoms with Crippen LogP contribution in [0.25, 0.3) is 0 Å². The highest BCUT2D eigenvalue weighted by Crippen LogP contribution is 2.26. The monoisotopic (exact) mass is 167 g/mol. The first kappa shape index (κ1) is 7.80. The molecule has 0 aromatic heterocycles. The Morgan fingerprint density at radius 3 is 3.08 bits per heavy atom. The van der Waals surface area contributed by atoms with Gasteiger partial charge in [0.2, 0.25) is 5.91 Å². The minimum Gasteiger partial charge on any atom is -0.376 e. The van der Waals surface area contributed by atoms with Crippen molar-refractivity contribution < 1.29 is 9.53 Å². The maximum absolute atomic E-state index is 11.2. The molecule has 3 heteroatoms. The third-order valence-corrected chi connectivity index (χ3v) is 2.55. The summed E-state index contributed by atoms with van der Waals surface area (Å²) < 4.78 is 5.47. The van der Waals surface area contributed by atoms with E-state index in [4.69, 9.17) is 4.74 Å². The Labute approximate surface area is 72.0 Å². The Balaban J connectivity index is 2.02. The van der Waals surface area contributed by atoms with E-state index >= 15 is 0 Å². The smallest absolute Gasteiger partial charge is 0.246 e. The topological polar surface area (TPSA) is 29.5 Å². The van der Waals surface area contributed by atoms with Crippen LogP contribution in [0.15, 0.2) is 12.7 Å². The summed E-state index contributed by atoms with van der Waals surface area (Å²) in [6.45, 7) is 5.90. The highest BCUT2D eigenvalue weighted by atomic mass is 16.5. The third kappa shape index (κ3) is 1.25. The maximum atomic E-state index is 11.2. The molecule has 2 heterocycles. The van der Waals surface area contributed by atoms with Gasteiger partial charge in [-0.05, 0) is 12.5 Å². The van der Waals surface area contributed by atoms with Crippen molar-refractivity contribution in [2.75, 3.05) is 19.7 Å². The van der Waals surface area contributed by atoms with E-state index in [1.807, 2.05) is 4.90 Å². The molecular weight excluding hydrogens is 154 g/mol. The molecular formula is C9H13NO2. The second-order valence-electron chi connectivity index (χ2n) is 3.50. The Bertz CT molecular complexity index is 203. The number of carbonyl (C=O) groups excluding carboxylic acids is 1. The number of hydrogen-bond acceptors (Lipinski definition) is 2.